The van der Waals surface area contributed by atoms with Gasteiger partial charge in [0.15, 0.2) is 0 Å². The fraction of sp³-hybridized carbons (Fsp3) is 0.333. The van der Waals surface area contributed by atoms with E-state index in [1.165, 1.54) is 23.5 Å². The third-order valence-electron chi connectivity index (χ3n) is 4.63. The number of piperazine rings is 1. The van der Waals surface area contributed by atoms with E-state index in [1.807, 2.05) is 5.38 Å². The molecule has 1 N–H and O–H groups in total. The highest BCUT2D eigenvalue weighted by molar-refractivity contribution is 7.17. The van der Waals surface area contributed by atoms with E-state index >= 15 is 0 Å². The van der Waals surface area contributed by atoms with E-state index in [0.29, 0.717) is 6.54 Å². The van der Waals surface area contributed by atoms with Crippen LogP contribution in [0.4, 0.5) is 10.2 Å². The highest BCUT2D eigenvalue weighted by Crippen LogP contribution is 2.39. The number of β-amino-alcohol motifs (C(OH)–C–C–N with tert-alkyl or cyclic N) is 1. The predicted octanol–water partition coefficient (Wildman–Crippen LogP) is 3.27. The molecule has 0 bridgehead atoms. The van der Waals surface area contributed by atoms with Crippen molar-refractivity contribution in [2.24, 2.45) is 0 Å². The lowest BCUT2D eigenvalue weighted by Crippen LogP contribution is -2.47. The average molecular weight is 393 g/mol. The van der Waals surface area contributed by atoms with Crippen molar-refractivity contribution in [3.05, 3.63) is 40.7 Å². The van der Waals surface area contributed by atoms with Crippen molar-refractivity contribution in [2.45, 2.75) is 0 Å². The lowest BCUT2D eigenvalue weighted by molar-refractivity contribution is 0.188. The number of fused-ring (bicyclic) bond motifs is 1. The second-order valence-corrected chi connectivity index (χ2v) is 7.40. The number of aliphatic hydroxyl groups is 1. The van der Waals surface area contributed by atoms with Crippen LogP contribution >= 0.6 is 22.9 Å². The van der Waals surface area contributed by atoms with Crippen LogP contribution in [-0.2, 0) is 0 Å². The van der Waals surface area contributed by atoms with E-state index in [1.54, 1.807) is 12.1 Å². The number of nitrogens with zero attached hydrogens (tertiary/aromatic N) is 4. The second kappa shape index (κ2) is 7.44. The zero-order chi connectivity index (χ0) is 18.1. The standard InChI is InChI=1S/C18H18ClFN4OS/c19-18-21-16(24-7-5-23(6-8-24)9-10-25)15-14(11-26-17(15)22-18)12-1-3-13(20)4-2-12/h1-4,11,25H,5-10H2. The number of halogens is 2. The molecule has 26 heavy (non-hydrogen) atoms. The van der Waals surface area contributed by atoms with Gasteiger partial charge in [-0.2, -0.15) is 4.98 Å². The number of rotatable bonds is 4. The molecule has 3 aromatic rings. The van der Waals surface area contributed by atoms with Crippen LogP contribution in [0.1, 0.15) is 0 Å². The van der Waals surface area contributed by atoms with Crippen LogP contribution in [0.5, 0.6) is 0 Å². The molecule has 0 amide bonds. The van der Waals surface area contributed by atoms with E-state index in [4.69, 9.17) is 16.7 Å². The normalized spacial score (nSPS) is 15.7. The minimum absolute atomic E-state index is 0.169. The van der Waals surface area contributed by atoms with Crippen LogP contribution in [0.15, 0.2) is 29.6 Å². The Morgan fingerprint density at radius 1 is 1.12 bits per heavy atom. The zero-order valence-electron chi connectivity index (χ0n) is 14.0. The lowest BCUT2D eigenvalue weighted by atomic mass is 10.1. The van der Waals surface area contributed by atoms with Crippen LogP contribution in [0.3, 0.4) is 0 Å². The third kappa shape index (κ3) is 3.40. The molecule has 1 fully saturated rings. The Labute approximate surface area is 159 Å². The number of benzene rings is 1. The molecule has 2 aromatic heterocycles. The molecule has 1 aliphatic heterocycles. The molecule has 1 saturated heterocycles. The van der Waals surface area contributed by atoms with E-state index < -0.39 is 0 Å². The Balaban J connectivity index is 1.74. The van der Waals surface area contributed by atoms with Gasteiger partial charge in [0.25, 0.3) is 0 Å². The monoisotopic (exact) mass is 392 g/mol. The van der Waals surface area contributed by atoms with Crippen LogP contribution in [0.25, 0.3) is 21.3 Å². The quantitative estimate of drug-likeness (QED) is 0.691. The summed E-state index contributed by atoms with van der Waals surface area (Å²) in [7, 11) is 0. The second-order valence-electron chi connectivity index (χ2n) is 6.20. The summed E-state index contributed by atoms with van der Waals surface area (Å²) in [5.74, 6) is 0.567. The Bertz CT molecular complexity index is 909. The van der Waals surface area contributed by atoms with Crippen LogP contribution in [0, 0.1) is 5.82 Å². The maximum absolute atomic E-state index is 13.3. The number of anilines is 1. The smallest absolute Gasteiger partial charge is 0.225 e. The van der Waals surface area contributed by atoms with Crippen molar-refractivity contribution in [3.8, 4) is 11.1 Å². The molecular formula is C18H18ClFN4OS. The van der Waals surface area contributed by atoms with Gasteiger partial charge >= 0.3 is 0 Å². The molecule has 8 heteroatoms. The molecule has 136 valence electrons. The topological polar surface area (TPSA) is 52.5 Å². The SMILES string of the molecule is OCCN1CCN(c2nc(Cl)nc3scc(-c4ccc(F)cc4)c23)CC1. The summed E-state index contributed by atoms with van der Waals surface area (Å²) in [6.45, 7) is 4.19. The first-order chi connectivity index (χ1) is 12.7. The van der Waals surface area contributed by atoms with Gasteiger partial charge in [0.1, 0.15) is 16.5 Å². The van der Waals surface area contributed by atoms with E-state index in [9.17, 15) is 4.39 Å². The molecule has 0 saturated carbocycles. The summed E-state index contributed by atoms with van der Waals surface area (Å²) < 4.78 is 13.3. The summed E-state index contributed by atoms with van der Waals surface area (Å²) in [5, 5.41) is 12.3. The molecule has 0 aliphatic carbocycles. The molecule has 0 unspecified atom stereocenters. The first kappa shape index (κ1) is 17.6. The number of hydrogen-bond acceptors (Lipinski definition) is 6. The molecule has 5 nitrogen and oxygen atoms in total. The van der Waals surface area contributed by atoms with Gasteiger partial charge in [-0.1, -0.05) is 12.1 Å². The average Bonchev–Trinajstić information content (AvgIpc) is 3.06. The van der Waals surface area contributed by atoms with E-state index in [0.717, 1.165) is 53.3 Å². The number of hydrogen-bond donors (Lipinski definition) is 1. The van der Waals surface area contributed by atoms with Crippen LogP contribution in [0.2, 0.25) is 5.28 Å². The molecule has 0 spiro atoms. The largest absolute Gasteiger partial charge is 0.395 e. The molecular weight excluding hydrogens is 375 g/mol. The number of thiophene rings is 1. The van der Waals surface area contributed by atoms with Gasteiger partial charge in [0.2, 0.25) is 5.28 Å². The maximum atomic E-state index is 13.3. The van der Waals surface area contributed by atoms with Gasteiger partial charge in [0, 0.05) is 43.7 Å². The van der Waals surface area contributed by atoms with Crippen molar-refractivity contribution in [3.63, 3.8) is 0 Å². The first-order valence-electron chi connectivity index (χ1n) is 8.44. The highest BCUT2D eigenvalue weighted by Gasteiger charge is 2.23. The summed E-state index contributed by atoms with van der Waals surface area (Å²) in [6.07, 6.45) is 0. The van der Waals surface area contributed by atoms with E-state index in [2.05, 4.69) is 19.8 Å². The van der Waals surface area contributed by atoms with Gasteiger partial charge in [-0.3, -0.25) is 4.90 Å². The Kier molecular flexibility index (Phi) is 5.04. The molecule has 4 rings (SSSR count). The lowest BCUT2D eigenvalue weighted by Gasteiger charge is -2.35. The summed E-state index contributed by atoms with van der Waals surface area (Å²) in [4.78, 5) is 14.2. The molecule has 1 aromatic carbocycles. The third-order valence-corrected chi connectivity index (χ3v) is 5.67. The van der Waals surface area contributed by atoms with Crippen LogP contribution in [-0.4, -0.2) is 59.3 Å². The van der Waals surface area contributed by atoms with Crippen LogP contribution < -0.4 is 4.90 Å². The van der Waals surface area contributed by atoms with Crippen molar-refractivity contribution in [1.82, 2.24) is 14.9 Å². The predicted molar refractivity (Wildman–Crippen MR) is 104 cm³/mol. The Morgan fingerprint density at radius 2 is 1.85 bits per heavy atom. The number of aliphatic hydroxyl groups excluding tert-OH is 1. The summed E-state index contributed by atoms with van der Waals surface area (Å²) >= 11 is 7.68. The van der Waals surface area contributed by atoms with Crippen molar-refractivity contribution in [2.75, 3.05) is 44.2 Å². The zero-order valence-corrected chi connectivity index (χ0v) is 15.6. The maximum Gasteiger partial charge on any atom is 0.225 e. The fourth-order valence-corrected chi connectivity index (χ4v) is 4.45. The summed E-state index contributed by atoms with van der Waals surface area (Å²) in [6, 6.07) is 6.47. The highest BCUT2D eigenvalue weighted by atomic mass is 35.5. The van der Waals surface area contributed by atoms with Crippen molar-refractivity contribution in [1.29, 1.82) is 0 Å². The number of aromatic nitrogens is 2. The minimum atomic E-state index is -0.257. The fourth-order valence-electron chi connectivity index (χ4n) is 3.29. The van der Waals surface area contributed by atoms with Gasteiger partial charge < -0.3 is 10.0 Å². The molecule has 3 heterocycles. The van der Waals surface area contributed by atoms with E-state index in [-0.39, 0.29) is 17.7 Å². The molecule has 1 aliphatic rings. The minimum Gasteiger partial charge on any atom is -0.395 e. The van der Waals surface area contributed by atoms with Gasteiger partial charge in [-0.15, -0.1) is 11.3 Å². The van der Waals surface area contributed by atoms with Gasteiger partial charge in [-0.25, -0.2) is 9.37 Å². The van der Waals surface area contributed by atoms with Gasteiger partial charge in [-0.05, 0) is 29.3 Å². The first-order valence-corrected chi connectivity index (χ1v) is 9.70. The Hall–Kier alpha value is -1.80. The Morgan fingerprint density at radius 3 is 2.54 bits per heavy atom. The molecule has 0 radical (unpaired) electrons. The van der Waals surface area contributed by atoms with Crippen molar-refractivity contribution >= 4 is 39.0 Å². The summed E-state index contributed by atoms with van der Waals surface area (Å²) in [5.41, 5.74) is 1.93. The van der Waals surface area contributed by atoms with Gasteiger partial charge in [0.05, 0.1) is 12.0 Å². The van der Waals surface area contributed by atoms with Crippen molar-refractivity contribution < 1.29 is 9.50 Å². The molecule has 0 atom stereocenters.